The van der Waals surface area contributed by atoms with E-state index in [2.05, 4.69) is 5.32 Å². The molecule has 2 unspecified atom stereocenters. The largest absolute Gasteiger partial charge is 0.362 e. The van der Waals surface area contributed by atoms with Crippen LogP contribution in [0.1, 0.15) is 6.92 Å². The minimum Gasteiger partial charge on any atom is -0.362 e. The Hall–Kier alpha value is -1.09. The van der Waals surface area contributed by atoms with E-state index < -0.39 is 0 Å². The van der Waals surface area contributed by atoms with Crippen molar-refractivity contribution in [1.29, 1.82) is 0 Å². The molecular weight excluding hydrogens is 154 g/mol. The van der Waals surface area contributed by atoms with Gasteiger partial charge in [0.05, 0.1) is 6.04 Å². The van der Waals surface area contributed by atoms with E-state index in [-0.39, 0.29) is 24.7 Å². The van der Waals surface area contributed by atoms with Gasteiger partial charge in [0.1, 0.15) is 12.7 Å². The van der Waals surface area contributed by atoms with Crippen LogP contribution in [-0.2, 0) is 9.53 Å². The topological polar surface area (TPSA) is 38.3 Å². The molecule has 2 rings (SSSR count). The lowest BCUT2D eigenvalue weighted by molar-refractivity contribution is -0.133. The molecule has 1 aliphatic heterocycles. The summed E-state index contributed by atoms with van der Waals surface area (Å²) in [5.41, 5.74) is 1.17. The lowest BCUT2D eigenvalue weighted by Gasteiger charge is -2.30. The first-order valence-electron chi connectivity index (χ1n) is 4.03. The fraction of sp³-hybridized carbons (Fsp3) is 0.444. The maximum atomic E-state index is 10.9. The second-order valence-electron chi connectivity index (χ2n) is 3.14. The van der Waals surface area contributed by atoms with Crippen LogP contribution in [0.25, 0.3) is 0 Å². The number of amides is 1. The summed E-state index contributed by atoms with van der Waals surface area (Å²) in [6, 6.07) is 0.0382. The van der Waals surface area contributed by atoms with Crippen molar-refractivity contribution in [2.45, 2.75) is 19.1 Å². The average molecular weight is 165 g/mol. The van der Waals surface area contributed by atoms with Gasteiger partial charge in [-0.25, -0.2) is 0 Å². The molecule has 0 aromatic carbocycles. The van der Waals surface area contributed by atoms with Gasteiger partial charge in [-0.1, -0.05) is 23.8 Å². The molecule has 1 amide bonds. The van der Waals surface area contributed by atoms with E-state index >= 15 is 0 Å². The third-order valence-corrected chi connectivity index (χ3v) is 2.08. The van der Waals surface area contributed by atoms with Gasteiger partial charge in [-0.3, -0.25) is 4.79 Å². The van der Waals surface area contributed by atoms with E-state index in [1.807, 2.05) is 25.2 Å². The van der Waals surface area contributed by atoms with Crippen molar-refractivity contribution >= 4 is 5.91 Å². The summed E-state index contributed by atoms with van der Waals surface area (Å²) in [5.74, 6) is -0.0319. The Bertz CT molecular complexity index is 268. The predicted molar refractivity (Wildman–Crippen MR) is 44.6 cm³/mol. The van der Waals surface area contributed by atoms with Gasteiger partial charge < -0.3 is 10.1 Å². The molecular formula is C9H11NO2. The van der Waals surface area contributed by atoms with Gasteiger partial charge in [0.15, 0.2) is 0 Å². The molecule has 1 N–H and O–H groups in total. The number of nitrogens with one attached hydrogen (secondary N) is 1. The number of fused-ring (bicyclic) bond motifs is 1. The van der Waals surface area contributed by atoms with Gasteiger partial charge in [0.25, 0.3) is 0 Å². The summed E-state index contributed by atoms with van der Waals surface area (Å²) in [5, 5.41) is 2.86. The maximum absolute atomic E-state index is 10.9. The van der Waals surface area contributed by atoms with Crippen molar-refractivity contribution < 1.29 is 9.53 Å². The highest BCUT2D eigenvalue weighted by atomic mass is 16.5. The third kappa shape index (κ3) is 1.28. The number of ether oxygens (including phenoxy) is 1. The van der Waals surface area contributed by atoms with Crippen LogP contribution >= 0.6 is 0 Å². The highest BCUT2D eigenvalue weighted by molar-refractivity contribution is 5.78. The molecule has 2 aliphatic rings. The van der Waals surface area contributed by atoms with E-state index in [1.54, 1.807) is 0 Å². The van der Waals surface area contributed by atoms with Gasteiger partial charge >= 0.3 is 0 Å². The Morgan fingerprint density at radius 2 is 2.50 bits per heavy atom. The van der Waals surface area contributed by atoms with Crippen molar-refractivity contribution in [2.24, 2.45) is 0 Å². The molecule has 1 aliphatic carbocycles. The number of hydrogen-bond donors (Lipinski definition) is 1. The fourth-order valence-electron chi connectivity index (χ4n) is 1.48. The molecule has 2 atom stereocenters. The van der Waals surface area contributed by atoms with Gasteiger partial charge in [-0.15, -0.1) is 0 Å². The lowest BCUT2D eigenvalue weighted by atomic mass is 10.00. The Morgan fingerprint density at radius 1 is 1.67 bits per heavy atom. The van der Waals surface area contributed by atoms with Crippen molar-refractivity contribution in [3.05, 3.63) is 23.8 Å². The molecule has 0 aromatic rings. The van der Waals surface area contributed by atoms with E-state index in [1.165, 1.54) is 5.57 Å². The number of allylic oxidation sites excluding steroid dienone is 2. The Kier molecular flexibility index (Phi) is 1.73. The molecule has 1 heterocycles. The zero-order valence-electron chi connectivity index (χ0n) is 6.91. The molecule has 0 radical (unpaired) electrons. The zero-order chi connectivity index (χ0) is 8.55. The monoisotopic (exact) mass is 165 g/mol. The quantitative estimate of drug-likeness (QED) is 0.563. The first kappa shape index (κ1) is 7.55. The van der Waals surface area contributed by atoms with Crippen LogP contribution in [0, 0.1) is 0 Å². The molecule has 1 fully saturated rings. The molecule has 64 valence electrons. The molecule has 0 bridgehead atoms. The van der Waals surface area contributed by atoms with Crippen LogP contribution in [0.2, 0.25) is 0 Å². The van der Waals surface area contributed by atoms with Gasteiger partial charge in [-0.05, 0) is 6.92 Å². The average Bonchev–Trinajstić information content (AvgIpc) is 2.03. The van der Waals surface area contributed by atoms with Gasteiger partial charge in [0.2, 0.25) is 5.91 Å². The van der Waals surface area contributed by atoms with Crippen LogP contribution in [0.3, 0.4) is 0 Å². The number of carbonyl (C=O) groups excluding carboxylic acids is 1. The van der Waals surface area contributed by atoms with Crippen LogP contribution in [0.15, 0.2) is 23.8 Å². The van der Waals surface area contributed by atoms with E-state index in [9.17, 15) is 4.79 Å². The van der Waals surface area contributed by atoms with Crippen LogP contribution in [0.4, 0.5) is 0 Å². The Balaban J connectivity index is 2.16. The van der Waals surface area contributed by atoms with E-state index in [0.29, 0.717) is 0 Å². The normalized spacial score (nSPS) is 33.8. The first-order valence-corrected chi connectivity index (χ1v) is 4.03. The first-order chi connectivity index (χ1) is 5.75. The minimum atomic E-state index is -0.0319. The third-order valence-electron chi connectivity index (χ3n) is 2.08. The second-order valence-corrected chi connectivity index (χ2v) is 3.14. The molecule has 0 spiro atoms. The summed E-state index contributed by atoms with van der Waals surface area (Å²) in [6.07, 6.45) is 6.05. The zero-order valence-corrected chi connectivity index (χ0v) is 6.91. The van der Waals surface area contributed by atoms with Gasteiger partial charge in [-0.2, -0.15) is 0 Å². The summed E-state index contributed by atoms with van der Waals surface area (Å²) in [7, 11) is 0. The SMILES string of the molecule is CC1=CC2NC(=O)COC2C=C1. The maximum Gasteiger partial charge on any atom is 0.246 e. The number of carbonyl (C=O) groups is 1. The van der Waals surface area contributed by atoms with E-state index in [4.69, 9.17) is 4.74 Å². The van der Waals surface area contributed by atoms with Crippen molar-refractivity contribution in [3.63, 3.8) is 0 Å². The molecule has 0 aromatic heterocycles. The Labute approximate surface area is 71.1 Å². The highest BCUT2D eigenvalue weighted by Gasteiger charge is 2.27. The molecule has 0 saturated carbocycles. The molecule has 12 heavy (non-hydrogen) atoms. The smallest absolute Gasteiger partial charge is 0.246 e. The molecule has 1 saturated heterocycles. The number of hydrogen-bond acceptors (Lipinski definition) is 2. The number of rotatable bonds is 0. The molecule has 3 nitrogen and oxygen atoms in total. The van der Waals surface area contributed by atoms with Crippen molar-refractivity contribution in [2.75, 3.05) is 6.61 Å². The summed E-state index contributed by atoms with van der Waals surface area (Å²) in [4.78, 5) is 10.9. The second kappa shape index (κ2) is 2.75. The van der Waals surface area contributed by atoms with Crippen molar-refractivity contribution in [3.8, 4) is 0 Å². The van der Waals surface area contributed by atoms with Crippen LogP contribution in [-0.4, -0.2) is 24.7 Å². The number of morpholine rings is 1. The van der Waals surface area contributed by atoms with Crippen LogP contribution in [0.5, 0.6) is 0 Å². The predicted octanol–water partition coefficient (Wildman–Crippen LogP) is 0.386. The summed E-state index contributed by atoms with van der Waals surface area (Å²) >= 11 is 0. The van der Waals surface area contributed by atoms with Crippen molar-refractivity contribution in [1.82, 2.24) is 5.32 Å². The van der Waals surface area contributed by atoms with E-state index in [0.717, 1.165) is 0 Å². The van der Waals surface area contributed by atoms with Gasteiger partial charge in [0, 0.05) is 0 Å². The Morgan fingerprint density at radius 3 is 3.33 bits per heavy atom. The summed E-state index contributed by atoms with van der Waals surface area (Å²) in [6.45, 7) is 2.19. The fourth-order valence-corrected chi connectivity index (χ4v) is 1.48. The highest BCUT2D eigenvalue weighted by Crippen LogP contribution is 2.16. The molecule has 3 heteroatoms. The lowest BCUT2D eigenvalue weighted by Crippen LogP contribution is -2.50. The van der Waals surface area contributed by atoms with Crippen LogP contribution < -0.4 is 5.32 Å². The standard InChI is InChI=1S/C9H11NO2/c1-6-2-3-8-7(4-6)10-9(11)5-12-8/h2-4,7-8H,5H2,1H3,(H,10,11). The summed E-state index contributed by atoms with van der Waals surface area (Å²) < 4.78 is 5.30. The minimum absolute atomic E-state index is 0.0319.